The number of ether oxygens (including phenoxy) is 1. The van der Waals surface area contributed by atoms with Gasteiger partial charge in [-0.15, -0.1) is 0 Å². The number of hydrogen-bond donors (Lipinski definition) is 0. The number of halogens is 2. The first kappa shape index (κ1) is 19.3. The monoisotopic (exact) mass is 392 g/mol. The lowest BCUT2D eigenvalue weighted by molar-refractivity contribution is -0.135. The van der Waals surface area contributed by atoms with Crippen LogP contribution in [0, 0.1) is 23.0 Å². The highest BCUT2D eigenvalue weighted by Crippen LogP contribution is 2.50. The first-order valence-electron chi connectivity index (χ1n) is 9.96. The molecule has 0 N–H and O–H groups in total. The summed E-state index contributed by atoms with van der Waals surface area (Å²) in [5.74, 6) is -0.565. The van der Waals surface area contributed by atoms with Crippen molar-refractivity contribution in [3.8, 4) is 0 Å². The van der Waals surface area contributed by atoms with Crippen molar-refractivity contribution < 1.29 is 23.1 Å². The van der Waals surface area contributed by atoms with Crippen molar-refractivity contribution in [3.05, 3.63) is 35.4 Å². The number of nitrogens with zero attached hydrogens (tertiary/aromatic N) is 2. The molecule has 3 heterocycles. The molecule has 0 aliphatic carbocycles. The van der Waals surface area contributed by atoms with Gasteiger partial charge in [0.2, 0.25) is 11.8 Å². The van der Waals surface area contributed by atoms with Gasteiger partial charge in [-0.3, -0.25) is 9.59 Å². The Balaban J connectivity index is 1.35. The lowest BCUT2D eigenvalue weighted by Gasteiger charge is -2.42. The summed E-state index contributed by atoms with van der Waals surface area (Å²) in [6.45, 7) is 4.92. The van der Waals surface area contributed by atoms with Crippen LogP contribution in [0.4, 0.5) is 8.78 Å². The second-order valence-electron chi connectivity index (χ2n) is 8.34. The van der Waals surface area contributed by atoms with Crippen molar-refractivity contribution in [1.82, 2.24) is 9.80 Å². The van der Waals surface area contributed by atoms with E-state index >= 15 is 0 Å². The van der Waals surface area contributed by atoms with E-state index in [1.54, 1.807) is 6.92 Å². The van der Waals surface area contributed by atoms with Gasteiger partial charge in [0.05, 0.1) is 19.3 Å². The second-order valence-corrected chi connectivity index (χ2v) is 8.34. The van der Waals surface area contributed by atoms with Gasteiger partial charge in [0.25, 0.3) is 0 Å². The van der Waals surface area contributed by atoms with Crippen LogP contribution in [0.15, 0.2) is 18.2 Å². The van der Waals surface area contributed by atoms with Gasteiger partial charge in [-0.2, -0.15) is 0 Å². The minimum Gasteiger partial charge on any atom is -0.379 e. The number of carbonyl (C=O) groups excluding carboxylic acids is 2. The Morgan fingerprint density at radius 1 is 1.21 bits per heavy atom. The fourth-order valence-electron chi connectivity index (χ4n) is 5.22. The van der Waals surface area contributed by atoms with Crippen molar-refractivity contribution >= 4 is 11.8 Å². The van der Waals surface area contributed by atoms with E-state index in [0.29, 0.717) is 32.2 Å². The minimum absolute atomic E-state index is 0.0261. The molecule has 3 fully saturated rings. The highest BCUT2D eigenvalue weighted by Gasteiger charge is 2.56. The molecule has 152 valence electrons. The lowest BCUT2D eigenvalue weighted by Crippen LogP contribution is -2.47. The van der Waals surface area contributed by atoms with Crippen LogP contribution in [-0.4, -0.2) is 60.5 Å². The maximum absolute atomic E-state index is 13.8. The molecule has 0 saturated carbocycles. The topological polar surface area (TPSA) is 49.9 Å². The number of aryl methyl sites for hydroxylation is 1. The number of amides is 2. The fourth-order valence-corrected chi connectivity index (χ4v) is 5.22. The largest absolute Gasteiger partial charge is 0.379 e. The Morgan fingerprint density at radius 2 is 1.96 bits per heavy atom. The summed E-state index contributed by atoms with van der Waals surface area (Å²) in [5, 5.41) is 0. The molecule has 1 spiro atoms. The van der Waals surface area contributed by atoms with Gasteiger partial charge >= 0.3 is 0 Å². The summed E-state index contributed by atoms with van der Waals surface area (Å²) in [4.78, 5) is 28.4. The molecule has 2 amide bonds. The van der Waals surface area contributed by atoms with Gasteiger partial charge in [-0.1, -0.05) is 0 Å². The van der Waals surface area contributed by atoms with Crippen LogP contribution in [0.1, 0.15) is 31.7 Å². The van der Waals surface area contributed by atoms with Gasteiger partial charge < -0.3 is 14.5 Å². The van der Waals surface area contributed by atoms with E-state index < -0.39 is 11.6 Å². The third-order valence-corrected chi connectivity index (χ3v) is 6.85. The molecular formula is C21H26F2N2O3. The summed E-state index contributed by atoms with van der Waals surface area (Å²) in [5.41, 5.74) is 0.263. The van der Waals surface area contributed by atoms with Crippen LogP contribution in [0.3, 0.4) is 0 Å². The van der Waals surface area contributed by atoms with Crippen molar-refractivity contribution in [2.75, 3.05) is 32.8 Å². The van der Waals surface area contributed by atoms with Crippen LogP contribution in [0.5, 0.6) is 0 Å². The zero-order valence-electron chi connectivity index (χ0n) is 16.1. The van der Waals surface area contributed by atoms with E-state index in [0.717, 1.165) is 37.6 Å². The van der Waals surface area contributed by atoms with Crippen LogP contribution < -0.4 is 0 Å². The third kappa shape index (κ3) is 3.41. The summed E-state index contributed by atoms with van der Waals surface area (Å²) in [7, 11) is 0. The van der Waals surface area contributed by atoms with Gasteiger partial charge in [-0.25, -0.2) is 8.78 Å². The predicted octanol–water partition coefficient (Wildman–Crippen LogP) is 2.38. The van der Waals surface area contributed by atoms with E-state index in [1.807, 2.05) is 9.80 Å². The molecule has 0 unspecified atom stereocenters. The molecular weight excluding hydrogens is 366 g/mol. The molecule has 0 aromatic heterocycles. The SMILES string of the molecule is CC(=O)N1CC2(CCN(C(=O)CCc3cc(F)ccc3F)CC2)[C@H]2COC[C@H]21. The number of likely N-dealkylation sites (tertiary alicyclic amines) is 2. The van der Waals surface area contributed by atoms with Crippen molar-refractivity contribution in [2.24, 2.45) is 11.3 Å². The van der Waals surface area contributed by atoms with Gasteiger partial charge in [0.15, 0.2) is 0 Å². The summed E-state index contributed by atoms with van der Waals surface area (Å²) < 4.78 is 32.7. The maximum atomic E-state index is 13.8. The summed E-state index contributed by atoms with van der Waals surface area (Å²) in [6, 6.07) is 3.50. The molecule has 1 aromatic rings. The average molecular weight is 392 g/mol. The van der Waals surface area contributed by atoms with Gasteiger partial charge in [0.1, 0.15) is 11.6 Å². The normalized spacial score (nSPS) is 26.0. The standard InChI is InChI=1S/C21H26F2N2O3/c1-14(26)25-13-21(17-11-28-12-19(17)25)6-8-24(9-7-21)20(27)5-2-15-10-16(22)3-4-18(15)23/h3-4,10,17,19H,2,5-9,11-13H2,1H3/t17-,19+/m0/s1. The molecule has 28 heavy (non-hydrogen) atoms. The van der Waals surface area contributed by atoms with Crippen LogP contribution >= 0.6 is 0 Å². The van der Waals surface area contributed by atoms with Crippen LogP contribution in [-0.2, 0) is 20.7 Å². The van der Waals surface area contributed by atoms with Crippen LogP contribution in [0.25, 0.3) is 0 Å². The van der Waals surface area contributed by atoms with E-state index in [9.17, 15) is 18.4 Å². The average Bonchev–Trinajstić information content (AvgIpc) is 3.26. The number of rotatable bonds is 3. The van der Waals surface area contributed by atoms with Crippen molar-refractivity contribution in [1.29, 1.82) is 0 Å². The van der Waals surface area contributed by atoms with Crippen molar-refractivity contribution in [3.63, 3.8) is 0 Å². The van der Waals surface area contributed by atoms with Crippen molar-refractivity contribution in [2.45, 2.75) is 38.6 Å². The highest BCUT2D eigenvalue weighted by molar-refractivity contribution is 5.76. The predicted molar refractivity (Wildman–Crippen MR) is 98.4 cm³/mol. The van der Waals surface area contributed by atoms with Gasteiger partial charge in [-0.05, 0) is 48.4 Å². The molecule has 7 heteroatoms. The Bertz CT molecular complexity index is 777. The molecule has 0 bridgehead atoms. The molecule has 3 saturated heterocycles. The highest BCUT2D eigenvalue weighted by atomic mass is 19.1. The molecule has 3 aliphatic rings. The Morgan fingerprint density at radius 3 is 2.68 bits per heavy atom. The van der Waals surface area contributed by atoms with E-state index in [2.05, 4.69) is 0 Å². The Hall–Kier alpha value is -2.02. The molecule has 5 nitrogen and oxygen atoms in total. The number of benzene rings is 1. The second kappa shape index (κ2) is 7.43. The smallest absolute Gasteiger partial charge is 0.222 e. The maximum Gasteiger partial charge on any atom is 0.222 e. The first-order valence-corrected chi connectivity index (χ1v) is 9.96. The first-order chi connectivity index (χ1) is 13.4. The molecule has 2 atom stereocenters. The molecule has 1 aromatic carbocycles. The van der Waals surface area contributed by atoms with E-state index in [1.165, 1.54) is 0 Å². The van der Waals surface area contributed by atoms with E-state index in [4.69, 9.17) is 4.74 Å². The van der Waals surface area contributed by atoms with Crippen LogP contribution in [0.2, 0.25) is 0 Å². The minimum atomic E-state index is -0.492. The lowest BCUT2D eigenvalue weighted by atomic mass is 9.70. The quantitative estimate of drug-likeness (QED) is 0.794. The number of hydrogen-bond acceptors (Lipinski definition) is 3. The number of piperidine rings is 1. The number of fused-ring (bicyclic) bond motifs is 2. The molecule has 3 aliphatic heterocycles. The Labute approximate surface area is 163 Å². The third-order valence-electron chi connectivity index (χ3n) is 6.85. The van der Waals surface area contributed by atoms with E-state index in [-0.39, 0.29) is 41.7 Å². The molecule has 4 rings (SSSR count). The number of carbonyl (C=O) groups is 2. The fraction of sp³-hybridized carbons (Fsp3) is 0.619. The summed E-state index contributed by atoms with van der Waals surface area (Å²) >= 11 is 0. The van der Waals surface area contributed by atoms with Gasteiger partial charge in [0, 0.05) is 38.9 Å². The zero-order valence-corrected chi connectivity index (χ0v) is 16.1. The summed E-state index contributed by atoms with van der Waals surface area (Å²) in [6.07, 6.45) is 2.06. The Kier molecular flexibility index (Phi) is 5.12. The zero-order chi connectivity index (χ0) is 19.9. The molecule has 0 radical (unpaired) electrons.